The van der Waals surface area contributed by atoms with Gasteiger partial charge in [-0.3, -0.25) is 9.59 Å². The molecule has 1 saturated heterocycles. The highest BCUT2D eigenvalue weighted by atomic mass is 35.5. The smallest absolute Gasteiger partial charge is 0.276 e. The Kier molecular flexibility index (Phi) is 6.44. The van der Waals surface area contributed by atoms with Gasteiger partial charge in [0.25, 0.3) is 11.8 Å². The van der Waals surface area contributed by atoms with Crippen molar-refractivity contribution >= 4 is 29.1 Å². The highest BCUT2D eigenvalue weighted by molar-refractivity contribution is 6.30. The summed E-state index contributed by atoms with van der Waals surface area (Å²) in [5.74, 6) is -0.202. The molecule has 0 radical (unpaired) electrons. The number of benzene rings is 2. The second-order valence-electron chi connectivity index (χ2n) is 8.94. The van der Waals surface area contributed by atoms with Gasteiger partial charge in [-0.1, -0.05) is 28.9 Å². The predicted molar refractivity (Wildman–Crippen MR) is 132 cm³/mol. The summed E-state index contributed by atoms with van der Waals surface area (Å²) in [6, 6.07) is 15.1. The van der Waals surface area contributed by atoms with Crippen molar-refractivity contribution in [3.8, 4) is 0 Å². The van der Waals surface area contributed by atoms with Crippen molar-refractivity contribution in [3.63, 3.8) is 0 Å². The highest BCUT2D eigenvalue weighted by Crippen LogP contribution is 2.28. The lowest BCUT2D eigenvalue weighted by Gasteiger charge is -2.34. The molecule has 5 rings (SSSR count). The van der Waals surface area contributed by atoms with E-state index in [0.29, 0.717) is 54.7 Å². The summed E-state index contributed by atoms with van der Waals surface area (Å²) in [7, 11) is 3.92. The molecule has 1 aromatic heterocycles. The maximum atomic E-state index is 13.2. The van der Waals surface area contributed by atoms with Crippen LogP contribution in [0.1, 0.15) is 38.2 Å². The molecule has 0 aliphatic carbocycles. The van der Waals surface area contributed by atoms with Crippen LogP contribution < -0.4 is 4.90 Å². The zero-order valence-electron chi connectivity index (χ0n) is 19.7. The normalized spacial score (nSPS) is 17.7. The zero-order valence-corrected chi connectivity index (χ0v) is 20.5. The molecule has 2 aliphatic heterocycles. The molecule has 0 spiro atoms. The summed E-state index contributed by atoms with van der Waals surface area (Å²) in [6.07, 6.45) is -0.175. The van der Waals surface area contributed by atoms with Crippen LogP contribution in [0.2, 0.25) is 5.02 Å². The van der Waals surface area contributed by atoms with Crippen LogP contribution in [0, 0.1) is 0 Å². The second-order valence-corrected chi connectivity index (χ2v) is 9.38. The van der Waals surface area contributed by atoms with Crippen LogP contribution in [0.15, 0.2) is 48.5 Å². The van der Waals surface area contributed by atoms with E-state index in [4.69, 9.17) is 16.3 Å². The molecule has 9 nitrogen and oxygen atoms in total. The van der Waals surface area contributed by atoms with Gasteiger partial charge in [0.15, 0.2) is 5.69 Å². The van der Waals surface area contributed by atoms with E-state index in [1.54, 1.807) is 14.5 Å². The van der Waals surface area contributed by atoms with Crippen LogP contribution in [0.3, 0.4) is 0 Å². The van der Waals surface area contributed by atoms with Gasteiger partial charge in [-0.2, -0.15) is 0 Å². The fourth-order valence-electron chi connectivity index (χ4n) is 4.40. The van der Waals surface area contributed by atoms with Gasteiger partial charge in [0, 0.05) is 56.5 Å². The Morgan fingerprint density at radius 2 is 1.57 bits per heavy atom. The minimum absolute atomic E-state index is 0.0231. The van der Waals surface area contributed by atoms with Gasteiger partial charge in [-0.15, -0.1) is 5.10 Å². The average molecular weight is 495 g/mol. The standard InChI is InChI=1S/C25H27ClN6O3/c1-29(2)20-9-5-18(6-10-20)24(33)30-11-13-31(14-12-30)25(34)23-21-16-35-22(15-32(21)28-27-23)17-3-7-19(26)8-4-17/h3-10,22H,11-16H2,1-2H3/t22-/m0/s1. The monoisotopic (exact) mass is 494 g/mol. The number of anilines is 1. The van der Waals surface area contributed by atoms with Crippen molar-refractivity contribution in [1.29, 1.82) is 0 Å². The van der Waals surface area contributed by atoms with Crippen molar-refractivity contribution in [2.24, 2.45) is 0 Å². The molecule has 0 N–H and O–H groups in total. The zero-order chi connectivity index (χ0) is 24.5. The number of rotatable bonds is 4. The Morgan fingerprint density at radius 1 is 0.943 bits per heavy atom. The summed E-state index contributed by atoms with van der Waals surface area (Å²) in [5.41, 5.74) is 3.69. The lowest BCUT2D eigenvalue weighted by molar-refractivity contribution is -0.00202. The topological polar surface area (TPSA) is 83.8 Å². The number of carbonyl (C=O) groups excluding carboxylic acids is 2. The summed E-state index contributed by atoms with van der Waals surface area (Å²) in [6.45, 7) is 2.56. The largest absolute Gasteiger partial charge is 0.378 e. The average Bonchev–Trinajstić information content (AvgIpc) is 3.32. The van der Waals surface area contributed by atoms with Gasteiger partial charge in [0.2, 0.25) is 0 Å². The van der Waals surface area contributed by atoms with E-state index in [0.717, 1.165) is 11.3 Å². The van der Waals surface area contributed by atoms with Gasteiger partial charge >= 0.3 is 0 Å². The third kappa shape index (κ3) is 4.74. The molecule has 1 atom stereocenters. The number of halogens is 1. The number of nitrogens with zero attached hydrogens (tertiary/aromatic N) is 6. The van der Waals surface area contributed by atoms with Crippen LogP contribution >= 0.6 is 11.6 Å². The number of amides is 2. The van der Waals surface area contributed by atoms with E-state index in [1.807, 2.05) is 67.5 Å². The van der Waals surface area contributed by atoms with Crippen LogP contribution in [0.5, 0.6) is 0 Å². The van der Waals surface area contributed by atoms with Crippen molar-refractivity contribution in [2.45, 2.75) is 19.3 Å². The SMILES string of the molecule is CN(C)c1ccc(C(=O)N2CCN(C(=O)c3nnn4c3CO[C@H](c3ccc(Cl)cc3)C4)CC2)cc1. The molecule has 182 valence electrons. The Morgan fingerprint density at radius 3 is 2.20 bits per heavy atom. The van der Waals surface area contributed by atoms with Gasteiger partial charge in [0.1, 0.15) is 6.10 Å². The highest BCUT2D eigenvalue weighted by Gasteiger charge is 2.32. The first-order chi connectivity index (χ1) is 16.9. The quantitative estimate of drug-likeness (QED) is 0.554. The van der Waals surface area contributed by atoms with Crippen molar-refractivity contribution in [2.75, 3.05) is 45.2 Å². The number of piperazine rings is 1. The fraction of sp³-hybridized carbons (Fsp3) is 0.360. The van der Waals surface area contributed by atoms with E-state index in [2.05, 4.69) is 10.3 Å². The molecule has 3 heterocycles. The summed E-state index contributed by atoms with van der Waals surface area (Å²) < 4.78 is 7.76. The lowest BCUT2D eigenvalue weighted by atomic mass is 10.1. The minimum atomic E-state index is -0.178. The van der Waals surface area contributed by atoms with E-state index in [1.165, 1.54) is 0 Å². The number of carbonyl (C=O) groups is 2. The number of hydrogen-bond acceptors (Lipinski definition) is 6. The summed E-state index contributed by atoms with van der Waals surface area (Å²) >= 11 is 5.98. The van der Waals surface area contributed by atoms with Crippen LogP contribution in [-0.2, 0) is 17.9 Å². The van der Waals surface area contributed by atoms with Crippen molar-refractivity contribution < 1.29 is 14.3 Å². The Bertz CT molecular complexity index is 1220. The summed E-state index contributed by atoms with van der Waals surface area (Å²) in [4.78, 5) is 31.6. The molecule has 3 aromatic rings. The van der Waals surface area contributed by atoms with E-state index < -0.39 is 0 Å². The second kappa shape index (κ2) is 9.67. The third-order valence-corrected chi connectivity index (χ3v) is 6.78. The maximum Gasteiger partial charge on any atom is 0.276 e. The van der Waals surface area contributed by atoms with E-state index in [9.17, 15) is 9.59 Å². The maximum absolute atomic E-state index is 13.2. The van der Waals surface area contributed by atoms with Gasteiger partial charge in [-0.05, 0) is 42.0 Å². The molecule has 0 bridgehead atoms. The molecule has 0 unspecified atom stereocenters. The number of aromatic nitrogens is 3. The molecule has 2 aliphatic rings. The lowest BCUT2D eigenvalue weighted by Crippen LogP contribution is -2.50. The van der Waals surface area contributed by atoms with E-state index >= 15 is 0 Å². The first-order valence-electron chi connectivity index (χ1n) is 11.6. The van der Waals surface area contributed by atoms with Crippen LogP contribution in [-0.4, -0.2) is 76.9 Å². The molecule has 10 heteroatoms. The number of ether oxygens (including phenoxy) is 1. The Labute approximate surface area is 208 Å². The van der Waals surface area contributed by atoms with Crippen molar-refractivity contribution in [1.82, 2.24) is 24.8 Å². The van der Waals surface area contributed by atoms with Gasteiger partial charge in [0.05, 0.1) is 18.8 Å². The van der Waals surface area contributed by atoms with Gasteiger partial charge in [-0.25, -0.2) is 4.68 Å². The van der Waals surface area contributed by atoms with Crippen LogP contribution in [0.4, 0.5) is 5.69 Å². The first kappa shape index (κ1) is 23.3. The number of hydrogen-bond donors (Lipinski definition) is 0. The Balaban J connectivity index is 1.20. The molecule has 1 fully saturated rings. The fourth-order valence-corrected chi connectivity index (χ4v) is 4.53. The predicted octanol–water partition coefficient (Wildman–Crippen LogP) is 2.87. The Hall–Kier alpha value is -3.43. The minimum Gasteiger partial charge on any atom is -0.378 e. The molecule has 2 amide bonds. The van der Waals surface area contributed by atoms with Crippen molar-refractivity contribution in [3.05, 3.63) is 76.1 Å². The first-order valence-corrected chi connectivity index (χ1v) is 11.9. The molecular formula is C25H27ClN6O3. The molecule has 35 heavy (non-hydrogen) atoms. The molecular weight excluding hydrogens is 468 g/mol. The summed E-state index contributed by atoms with van der Waals surface area (Å²) in [5, 5.41) is 9.06. The number of fused-ring (bicyclic) bond motifs is 1. The van der Waals surface area contributed by atoms with E-state index in [-0.39, 0.29) is 24.5 Å². The van der Waals surface area contributed by atoms with Gasteiger partial charge < -0.3 is 19.4 Å². The molecule has 2 aromatic carbocycles. The molecule has 0 saturated carbocycles. The third-order valence-electron chi connectivity index (χ3n) is 6.53. The van der Waals surface area contributed by atoms with Crippen LogP contribution in [0.25, 0.3) is 0 Å².